The van der Waals surface area contributed by atoms with Crippen LogP contribution in [0.25, 0.3) is 22.4 Å². The summed E-state index contributed by atoms with van der Waals surface area (Å²) >= 11 is 13.3. The fourth-order valence-corrected chi connectivity index (χ4v) is 3.74. The maximum Gasteiger partial charge on any atom is 0.338 e. The summed E-state index contributed by atoms with van der Waals surface area (Å²) in [6.07, 6.45) is 1.28. The van der Waals surface area contributed by atoms with E-state index in [1.54, 1.807) is 35.7 Å². The average Bonchev–Trinajstić information content (AvgIpc) is 3.34. The molecule has 0 saturated heterocycles. The average molecular weight is 448 g/mol. The fraction of sp³-hybridized carbons (Fsp3) is 0.0526. The highest BCUT2D eigenvalue weighted by atomic mass is 35.5. The zero-order chi connectivity index (χ0) is 20.4. The Balaban J connectivity index is 1.36. The number of nitrogens with one attached hydrogen (secondary N) is 1. The van der Waals surface area contributed by atoms with Crippen LogP contribution < -0.4 is 5.32 Å². The zero-order valence-corrected chi connectivity index (χ0v) is 16.8. The number of benzene rings is 2. The molecule has 0 aliphatic rings. The first kappa shape index (κ1) is 19.4. The van der Waals surface area contributed by atoms with Crippen molar-refractivity contribution in [2.75, 3.05) is 11.9 Å². The van der Waals surface area contributed by atoms with Gasteiger partial charge >= 0.3 is 5.97 Å². The van der Waals surface area contributed by atoms with Crippen LogP contribution in [-0.4, -0.2) is 28.5 Å². The van der Waals surface area contributed by atoms with E-state index < -0.39 is 18.5 Å². The summed E-state index contributed by atoms with van der Waals surface area (Å²) in [5, 5.41) is 5.68. The van der Waals surface area contributed by atoms with Gasteiger partial charge < -0.3 is 9.15 Å². The molecule has 4 aromatic rings. The summed E-state index contributed by atoms with van der Waals surface area (Å²) in [4.78, 5) is 32.5. The van der Waals surface area contributed by atoms with Gasteiger partial charge in [-0.2, -0.15) is 0 Å². The van der Waals surface area contributed by atoms with Crippen LogP contribution in [0.5, 0.6) is 0 Å². The van der Waals surface area contributed by atoms with Crippen molar-refractivity contribution in [1.29, 1.82) is 0 Å². The third kappa shape index (κ3) is 4.40. The second-order valence-corrected chi connectivity index (χ2v) is 7.52. The van der Waals surface area contributed by atoms with Crippen LogP contribution in [-0.2, 0) is 9.53 Å². The first-order valence-corrected chi connectivity index (χ1v) is 9.84. The predicted octanol–water partition coefficient (Wildman–Crippen LogP) is 5.05. The van der Waals surface area contributed by atoms with Crippen molar-refractivity contribution in [3.63, 3.8) is 0 Å². The molecule has 146 valence electrons. The highest BCUT2D eigenvalue weighted by molar-refractivity contribution is 7.14. The lowest BCUT2D eigenvalue weighted by atomic mass is 10.2. The van der Waals surface area contributed by atoms with E-state index >= 15 is 0 Å². The van der Waals surface area contributed by atoms with Gasteiger partial charge in [0.2, 0.25) is 0 Å². The minimum atomic E-state index is -0.647. The Morgan fingerprint density at radius 2 is 2.03 bits per heavy atom. The number of carbonyl (C=O) groups is 2. The van der Waals surface area contributed by atoms with Crippen molar-refractivity contribution in [3.8, 4) is 11.3 Å². The number of amides is 1. The van der Waals surface area contributed by atoms with E-state index in [-0.39, 0.29) is 5.56 Å². The van der Waals surface area contributed by atoms with Gasteiger partial charge in [-0.3, -0.25) is 10.1 Å². The van der Waals surface area contributed by atoms with Crippen molar-refractivity contribution in [1.82, 2.24) is 9.97 Å². The molecule has 0 spiro atoms. The second-order valence-electron chi connectivity index (χ2n) is 5.82. The number of thiazole rings is 1. The molecule has 0 radical (unpaired) electrons. The quantitative estimate of drug-likeness (QED) is 0.430. The lowest BCUT2D eigenvalue weighted by Gasteiger charge is -2.05. The lowest BCUT2D eigenvalue weighted by molar-refractivity contribution is -0.119. The highest BCUT2D eigenvalue weighted by Crippen LogP contribution is 2.32. The number of aromatic nitrogens is 2. The largest absolute Gasteiger partial charge is 0.452 e. The molecule has 10 heteroatoms. The predicted molar refractivity (Wildman–Crippen MR) is 110 cm³/mol. The van der Waals surface area contributed by atoms with Gasteiger partial charge in [0.25, 0.3) is 5.91 Å². The Kier molecular flexibility index (Phi) is 5.48. The molecule has 4 rings (SSSR count). The second kappa shape index (κ2) is 8.20. The minimum Gasteiger partial charge on any atom is -0.452 e. The van der Waals surface area contributed by atoms with Crippen LogP contribution in [0.4, 0.5) is 5.13 Å². The Bertz CT molecular complexity index is 1220. The van der Waals surface area contributed by atoms with E-state index in [0.717, 1.165) is 0 Å². The summed E-state index contributed by atoms with van der Waals surface area (Å²) in [6.45, 7) is -0.454. The SMILES string of the molecule is O=C(COC(=O)c1ccc2ncoc2c1)Nc1nc(-c2ccc(Cl)cc2Cl)cs1. The summed E-state index contributed by atoms with van der Waals surface area (Å²) in [7, 11) is 0. The number of nitrogens with zero attached hydrogens (tertiary/aromatic N) is 2. The van der Waals surface area contributed by atoms with Crippen LogP contribution in [0.2, 0.25) is 10.0 Å². The first-order chi connectivity index (χ1) is 14.0. The Labute approximate surface area is 178 Å². The molecule has 0 aliphatic heterocycles. The van der Waals surface area contributed by atoms with E-state index in [4.69, 9.17) is 32.4 Å². The topological polar surface area (TPSA) is 94.3 Å². The smallest absolute Gasteiger partial charge is 0.338 e. The third-order valence-corrected chi connectivity index (χ3v) is 5.16. The van der Waals surface area contributed by atoms with Gasteiger partial charge in [0, 0.05) is 16.0 Å². The molecule has 29 heavy (non-hydrogen) atoms. The standard InChI is InChI=1S/C19H11Cl2N3O4S/c20-11-2-3-12(13(21)6-11)15-8-29-19(23-15)24-17(25)7-27-18(26)10-1-4-14-16(5-10)28-9-22-14/h1-6,8-9H,7H2,(H,23,24,25). The number of ether oxygens (including phenoxy) is 1. The number of halogens is 2. The Hall–Kier alpha value is -2.94. The number of esters is 1. The molecular formula is C19H11Cl2N3O4S. The van der Waals surface area contributed by atoms with E-state index in [2.05, 4.69) is 15.3 Å². The van der Waals surface area contributed by atoms with Crippen molar-refractivity contribution in [2.45, 2.75) is 0 Å². The van der Waals surface area contributed by atoms with E-state index in [9.17, 15) is 9.59 Å². The number of hydrogen-bond donors (Lipinski definition) is 1. The van der Waals surface area contributed by atoms with Crippen molar-refractivity contribution >= 4 is 62.6 Å². The number of oxazole rings is 1. The number of carbonyl (C=O) groups excluding carboxylic acids is 2. The molecule has 0 atom stereocenters. The van der Waals surface area contributed by atoms with Crippen LogP contribution in [0, 0.1) is 0 Å². The van der Waals surface area contributed by atoms with Gasteiger partial charge in [0.1, 0.15) is 5.52 Å². The van der Waals surface area contributed by atoms with Gasteiger partial charge in [-0.1, -0.05) is 23.2 Å². The fourth-order valence-electron chi connectivity index (χ4n) is 2.50. The minimum absolute atomic E-state index is 0.260. The third-order valence-electron chi connectivity index (χ3n) is 3.86. The maximum atomic E-state index is 12.1. The highest BCUT2D eigenvalue weighted by Gasteiger charge is 2.14. The molecule has 2 heterocycles. The molecule has 2 aromatic heterocycles. The van der Waals surface area contributed by atoms with E-state index in [0.29, 0.717) is 37.5 Å². The van der Waals surface area contributed by atoms with Gasteiger partial charge in [-0.05, 0) is 36.4 Å². The number of fused-ring (bicyclic) bond motifs is 1. The van der Waals surface area contributed by atoms with Gasteiger partial charge in [-0.25, -0.2) is 14.8 Å². The molecule has 0 aliphatic carbocycles. The van der Waals surface area contributed by atoms with E-state index in [1.165, 1.54) is 23.8 Å². The summed E-state index contributed by atoms with van der Waals surface area (Å²) < 4.78 is 10.2. The molecule has 0 unspecified atom stereocenters. The van der Waals surface area contributed by atoms with Gasteiger partial charge in [0.15, 0.2) is 23.7 Å². The van der Waals surface area contributed by atoms with Crippen molar-refractivity contribution in [3.05, 3.63) is 63.8 Å². The molecule has 0 fully saturated rings. The Morgan fingerprint density at radius 3 is 2.86 bits per heavy atom. The van der Waals surface area contributed by atoms with E-state index in [1.807, 2.05) is 0 Å². The zero-order valence-electron chi connectivity index (χ0n) is 14.5. The maximum absolute atomic E-state index is 12.1. The van der Waals surface area contributed by atoms with Gasteiger partial charge in [-0.15, -0.1) is 11.3 Å². The number of anilines is 1. The molecule has 1 N–H and O–H groups in total. The molecule has 1 amide bonds. The summed E-state index contributed by atoms with van der Waals surface area (Å²) in [5.74, 6) is -1.16. The number of rotatable bonds is 5. The number of hydrogen-bond acceptors (Lipinski definition) is 7. The molecular weight excluding hydrogens is 437 g/mol. The van der Waals surface area contributed by atoms with Crippen LogP contribution in [0.1, 0.15) is 10.4 Å². The molecule has 7 nitrogen and oxygen atoms in total. The van der Waals surface area contributed by atoms with Gasteiger partial charge in [0.05, 0.1) is 16.3 Å². The molecule has 0 bridgehead atoms. The lowest BCUT2D eigenvalue weighted by Crippen LogP contribution is -2.20. The molecule has 0 saturated carbocycles. The summed E-state index contributed by atoms with van der Waals surface area (Å²) in [5.41, 5.74) is 2.64. The first-order valence-electron chi connectivity index (χ1n) is 8.21. The monoisotopic (exact) mass is 447 g/mol. The molecule has 2 aromatic carbocycles. The van der Waals surface area contributed by atoms with Crippen molar-refractivity contribution < 1.29 is 18.7 Å². The Morgan fingerprint density at radius 1 is 1.17 bits per heavy atom. The van der Waals surface area contributed by atoms with Crippen molar-refractivity contribution in [2.24, 2.45) is 0 Å². The van der Waals surface area contributed by atoms with Crippen LogP contribution in [0.15, 0.2) is 52.6 Å². The normalized spacial score (nSPS) is 10.8. The van der Waals surface area contributed by atoms with Crippen LogP contribution >= 0.6 is 34.5 Å². The summed E-state index contributed by atoms with van der Waals surface area (Å²) in [6, 6.07) is 9.76. The van der Waals surface area contributed by atoms with Crippen LogP contribution in [0.3, 0.4) is 0 Å².